The summed E-state index contributed by atoms with van der Waals surface area (Å²) >= 11 is 5.72. The van der Waals surface area contributed by atoms with Crippen molar-refractivity contribution in [3.05, 3.63) is 28.5 Å². The lowest BCUT2D eigenvalue weighted by molar-refractivity contribution is -0.156. The maximum absolute atomic E-state index is 13.2. The minimum absolute atomic E-state index is 0.0562. The number of carbonyl (C=O) groups is 1. The monoisotopic (exact) mass is 263 g/mol. The number of nitrogens with two attached hydrogens (primary N) is 1. The van der Waals surface area contributed by atoms with Crippen LogP contribution in [0.15, 0.2) is 12.1 Å². The number of benzene rings is 1. The van der Waals surface area contributed by atoms with E-state index in [9.17, 15) is 19.4 Å². The molecule has 0 radical (unpaired) electrons. The summed E-state index contributed by atoms with van der Waals surface area (Å²) in [5.74, 6) is -1.86. The molecule has 1 rings (SSSR count). The molecule has 0 amide bonds. The number of methoxy groups -OCH3 is 1. The first-order valence-electron chi connectivity index (χ1n) is 4.56. The van der Waals surface area contributed by atoms with Gasteiger partial charge < -0.3 is 20.7 Å². The minimum Gasteiger partial charge on any atom is -0.467 e. The van der Waals surface area contributed by atoms with Gasteiger partial charge in [-0.2, -0.15) is 0 Å². The van der Waals surface area contributed by atoms with Gasteiger partial charge in [0.05, 0.1) is 12.8 Å². The first kappa shape index (κ1) is 13.7. The standard InChI is InChI=1S/C10H11ClFNO4/c1-17-10(16)9(15)8(14)4-2-6(12)7(13)3-5(4)11/h2-3,8-9,14-15H,13H2,1H3. The second-order valence-electron chi connectivity index (χ2n) is 3.31. The molecule has 0 bridgehead atoms. The molecule has 0 aromatic heterocycles. The second-order valence-corrected chi connectivity index (χ2v) is 3.72. The third kappa shape index (κ3) is 2.85. The molecule has 0 aliphatic carbocycles. The molecular weight excluding hydrogens is 253 g/mol. The van der Waals surface area contributed by atoms with Crippen LogP contribution in [0.3, 0.4) is 0 Å². The number of rotatable bonds is 3. The molecule has 0 saturated carbocycles. The highest BCUT2D eigenvalue weighted by Crippen LogP contribution is 2.29. The van der Waals surface area contributed by atoms with Gasteiger partial charge in [0.1, 0.15) is 11.9 Å². The van der Waals surface area contributed by atoms with Crippen LogP contribution in [-0.2, 0) is 9.53 Å². The van der Waals surface area contributed by atoms with Crippen LogP contribution in [0.25, 0.3) is 0 Å². The summed E-state index contributed by atoms with van der Waals surface area (Å²) in [7, 11) is 1.05. The molecule has 5 nitrogen and oxygen atoms in total. The maximum atomic E-state index is 13.2. The first-order chi connectivity index (χ1) is 7.88. The lowest BCUT2D eigenvalue weighted by Crippen LogP contribution is -2.29. The molecule has 7 heteroatoms. The third-order valence-corrected chi connectivity index (χ3v) is 2.50. The van der Waals surface area contributed by atoms with Crippen molar-refractivity contribution < 1.29 is 24.1 Å². The van der Waals surface area contributed by atoms with E-state index in [1.807, 2.05) is 0 Å². The van der Waals surface area contributed by atoms with Gasteiger partial charge in [-0.1, -0.05) is 11.6 Å². The van der Waals surface area contributed by atoms with Crippen molar-refractivity contribution in [2.75, 3.05) is 12.8 Å². The molecule has 2 unspecified atom stereocenters. The molecule has 94 valence electrons. The summed E-state index contributed by atoms with van der Waals surface area (Å²) in [4.78, 5) is 11.0. The molecule has 2 atom stereocenters. The van der Waals surface area contributed by atoms with Crippen LogP contribution < -0.4 is 5.73 Å². The molecule has 0 saturated heterocycles. The number of carbonyl (C=O) groups excluding carboxylic acids is 1. The number of esters is 1. The molecule has 0 spiro atoms. The molecule has 0 heterocycles. The molecule has 1 aromatic carbocycles. The average molecular weight is 264 g/mol. The van der Waals surface area contributed by atoms with Crippen LogP contribution >= 0.6 is 11.6 Å². The van der Waals surface area contributed by atoms with E-state index in [0.717, 1.165) is 19.2 Å². The highest BCUT2D eigenvalue weighted by molar-refractivity contribution is 6.31. The third-order valence-electron chi connectivity index (χ3n) is 2.18. The van der Waals surface area contributed by atoms with Gasteiger partial charge in [0.2, 0.25) is 0 Å². The number of ether oxygens (including phenoxy) is 1. The Kier molecular flexibility index (Phi) is 4.28. The Hall–Kier alpha value is -1.37. The predicted octanol–water partition coefficient (Wildman–Crippen LogP) is 0.629. The lowest BCUT2D eigenvalue weighted by Gasteiger charge is -2.17. The lowest BCUT2D eigenvalue weighted by atomic mass is 10.0. The number of nitrogen functional groups attached to an aromatic ring is 1. The molecule has 0 aliphatic rings. The van der Waals surface area contributed by atoms with E-state index < -0.39 is 24.0 Å². The maximum Gasteiger partial charge on any atom is 0.337 e. The Labute approximate surface area is 102 Å². The Balaban J connectivity index is 3.08. The van der Waals surface area contributed by atoms with E-state index in [0.29, 0.717) is 0 Å². The van der Waals surface area contributed by atoms with Crippen molar-refractivity contribution >= 4 is 23.3 Å². The van der Waals surface area contributed by atoms with Gasteiger partial charge >= 0.3 is 5.97 Å². The van der Waals surface area contributed by atoms with Gasteiger partial charge in [-0.15, -0.1) is 0 Å². The average Bonchev–Trinajstić information content (AvgIpc) is 2.31. The molecule has 4 N–H and O–H groups in total. The van der Waals surface area contributed by atoms with Crippen LogP contribution in [0, 0.1) is 5.82 Å². The predicted molar refractivity (Wildman–Crippen MR) is 58.8 cm³/mol. The summed E-state index contributed by atoms with van der Waals surface area (Å²) in [5, 5.41) is 19.0. The van der Waals surface area contributed by atoms with Crippen molar-refractivity contribution in [3.8, 4) is 0 Å². The largest absolute Gasteiger partial charge is 0.467 e. The highest BCUT2D eigenvalue weighted by Gasteiger charge is 2.28. The fourth-order valence-electron chi connectivity index (χ4n) is 1.22. The van der Waals surface area contributed by atoms with Crippen molar-refractivity contribution in [1.82, 2.24) is 0 Å². The van der Waals surface area contributed by atoms with E-state index in [1.54, 1.807) is 0 Å². The van der Waals surface area contributed by atoms with Crippen LogP contribution in [-0.4, -0.2) is 29.4 Å². The summed E-state index contributed by atoms with van der Waals surface area (Å²) in [6, 6.07) is 1.94. The molecule has 0 aliphatic heterocycles. The molecule has 17 heavy (non-hydrogen) atoms. The summed E-state index contributed by atoms with van der Waals surface area (Å²) in [5.41, 5.74) is 4.92. The van der Waals surface area contributed by atoms with Gasteiger partial charge in [0.25, 0.3) is 0 Å². The van der Waals surface area contributed by atoms with Crippen LogP contribution in [0.4, 0.5) is 10.1 Å². The fourth-order valence-corrected chi connectivity index (χ4v) is 1.51. The zero-order valence-electron chi connectivity index (χ0n) is 8.85. The van der Waals surface area contributed by atoms with Crippen molar-refractivity contribution in [2.24, 2.45) is 0 Å². The Morgan fingerprint density at radius 1 is 1.53 bits per heavy atom. The van der Waals surface area contributed by atoms with E-state index in [1.165, 1.54) is 0 Å². The van der Waals surface area contributed by atoms with Crippen LogP contribution in [0.1, 0.15) is 11.7 Å². The highest BCUT2D eigenvalue weighted by atomic mass is 35.5. The summed E-state index contributed by atoms with van der Waals surface area (Å²) in [6.45, 7) is 0. The van der Waals surface area contributed by atoms with E-state index in [4.69, 9.17) is 17.3 Å². The zero-order valence-corrected chi connectivity index (χ0v) is 9.61. The quantitative estimate of drug-likeness (QED) is 0.549. The van der Waals surface area contributed by atoms with Crippen molar-refractivity contribution in [1.29, 1.82) is 0 Å². The van der Waals surface area contributed by atoms with E-state index in [-0.39, 0.29) is 16.3 Å². The van der Waals surface area contributed by atoms with Crippen molar-refractivity contribution in [2.45, 2.75) is 12.2 Å². The van der Waals surface area contributed by atoms with Crippen LogP contribution in [0.5, 0.6) is 0 Å². The summed E-state index contributed by atoms with van der Waals surface area (Å²) in [6.07, 6.45) is -3.54. The Bertz CT molecular complexity index is 441. The zero-order chi connectivity index (χ0) is 13.2. The van der Waals surface area contributed by atoms with E-state index >= 15 is 0 Å². The number of hydrogen-bond donors (Lipinski definition) is 3. The van der Waals surface area contributed by atoms with Gasteiger partial charge in [0.15, 0.2) is 6.10 Å². The second kappa shape index (κ2) is 5.31. The van der Waals surface area contributed by atoms with E-state index in [2.05, 4.69) is 4.74 Å². The number of aliphatic hydroxyl groups is 2. The van der Waals surface area contributed by atoms with Crippen molar-refractivity contribution in [3.63, 3.8) is 0 Å². The topological polar surface area (TPSA) is 92.8 Å². The number of halogens is 2. The number of hydrogen-bond acceptors (Lipinski definition) is 5. The number of aliphatic hydroxyl groups excluding tert-OH is 2. The normalized spacial score (nSPS) is 14.2. The van der Waals surface area contributed by atoms with Gasteiger partial charge in [-0.25, -0.2) is 9.18 Å². The summed E-state index contributed by atoms with van der Waals surface area (Å²) < 4.78 is 17.4. The number of anilines is 1. The smallest absolute Gasteiger partial charge is 0.337 e. The minimum atomic E-state index is -1.85. The van der Waals surface area contributed by atoms with Gasteiger partial charge in [-0.3, -0.25) is 0 Å². The molecule has 1 aromatic rings. The Morgan fingerprint density at radius 3 is 2.65 bits per heavy atom. The molecular formula is C10H11ClFNO4. The van der Waals surface area contributed by atoms with Gasteiger partial charge in [0, 0.05) is 10.6 Å². The fraction of sp³-hybridized carbons (Fsp3) is 0.300. The van der Waals surface area contributed by atoms with Crippen LogP contribution in [0.2, 0.25) is 5.02 Å². The Morgan fingerprint density at radius 2 is 2.12 bits per heavy atom. The first-order valence-corrected chi connectivity index (χ1v) is 4.94. The van der Waals surface area contributed by atoms with Gasteiger partial charge in [-0.05, 0) is 12.1 Å². The molecule has 0 fully saturated rings. The SMILES string of the molecule is COC(=O)C(O)C(O)c1cc(F)c(N)cc1Cl.